The average molecular weight is 491 g/mol. The molecule has 9 heteroatoms. The van der Waals surface area contributed by atoms with Gasteiger partial charge in [0.25, 0.3) is 5.91 Å². The van der Waals surface area contributed by atoms with Crippen LogP contribution in [0.25, 0.3) is 5.52 Å². The Labute approximate surface area is 173 Å². The molecule has 5 heterocycles. The minimum atomic E-state index is -1.23. The van der Waals surface area contributed by atoms with Gasteiger partial charge >= 0.3 is 0 Å². The van der Waals surface area contributed by atoms with Gasteiger partial charge in [0.15, 0.2) is 11.8 Å². The molecule has 1 N–H and O–H groups in total. The van der Waals surface area contributed by atoms with Crippen LogP contribution < -0.4 is 0 Å². The topological polar surface area (TPSA) is 69.3 Å². The predicted molar refractivity (Wildman–Crippen MR) is 109 cm³/mol. The Morgan fingerprint density at radius 3 is 3.07 bits per heavy atom. The summed E-state index contributed by atoms with van der Waals surface area (Å²) in [5.74, 6) is -0.192. The van der Waals surface area contributed by atoms with Crippen molar-refractivity contribution in [3.8, 4) is 0 Å². The van der Waals surface area contributed by atoms with Gasteiger partial charge in [-0.25, -0.2) is 13.9 Å². The largest absolute Gasteiger partial charge is 0.348 e. The van der Waals surface area contributed by atoms with Crippen molar-refractivity contribution in [3.63, 3.8) is 0 Å². The number of nitrogens with one attached hydrogen (secondary N) is 1. The van der Waals surface area contributed by atoms with E-state index in [4.69, 9.17) is 0 Å². The third-order valence-corrected chi connectivity index (χ3v) is 5.86. The van der Waals surface area contributed by atoms with Crippen LogP contribution in [-0.4, -0.2) is 58.4 Å². The quantitative estimate of drug-likeness (QED) is 0.347. The molecular formula is C19H17FIN6O+. The Kier molecular flexibility index (Phi) is 4.07. The number of nitrogens with zero attached hydrogens (tertiary/aromatic N) is 5. The van der Waals surface area contributed by atoms with Gasteiger partial charge in [0.2, 0.25) is 9.89 Å². The maximum absolute atomic E-state index is 14.0. The smallest absolute Gasteiger partial charge is 0.267 e. The molecule has 2 aliphatic rings. The number of hydrogen-bond donors (Lipinski definition) is 1. The molecule has 7 nitrogen and oxygen atoms in total. The molecule has 0 spiro atoms. The van der Waals surface area contributed by atoms with Crippen LogP contribution in [0.1, 0.15) is 23.1 Å². The minimum absolute atomic E-state index is 0.192. The lowest BCUT2D eigenvalue weighted by Gasteiger charge is -2.34. The van der Waals surface area contributed by atoms with Crippen molar-refractivity contribution in [2.75, 3.05) is 13.6 Å². The van der Waals surface area contributed by atoms with E-state index in [1.165, 1.54) is 0 Å². The van der Waals surface area contributed by atoms with E-state index in [0.29, 0.717) is 24.3 Å². The highest BCUT2D eigenvalue weighted by Gasteiger charge is 2.44. The van der Waals surface area contributed by atoms with E-state index in [1.807, 2.05) is 30.5 Å². The fourth-order valence-corrected chi connectivity index (χ4v) is 4.71. The van der Waals surface area contributed by atoms with Gasteiger partial charge < -0.3 is 9.88 Å². The molecule has 0 aromatic carbocycles. The van der Waals surface area contributed by atoms with E-state index >= 15 is 0 Å². The summed E-state index contributed by atoms with van der Waals surface area (Å²) in [5.41, 5.74) is 4.31. The summed E-state index contributed by atoms with van der Waals surface area (Å²) >= 11 is 1.69. The molecule has 0 radical (unpaired) electrons. The zero-order chi connectivity index (χ0) is 19.4. The number of carbonyl (C=O) groups excluding carboxylic acids is 1. The highest BCUT2D eigenvalue weighted by molar-refractivity contribution is 14.1. The van der Waals surface area contributed by atoms with Crippen LogP contribution in [0.4, 0.5) is 4.39 Å². The van der Waals surface area contributed by atoms with Crippen molar-refractivity contribution in [3.05, 3.63) is 65.6 Å². The van der Waals surface area contributed by atoms with Crippen molar-refractivity contribution in [1.29, 1.82) is 0 Å². The first-order valence-corrected chi connectivity index (χ1v) is 10.2. The zero-order valence-electron chi connectivity index (χ0n) is 15.0. The Bertz CT molecular complexity index is 1130. The maximum Gasteiger partial charge on any atom is 0.267 e. The molecule has 0 aliphatic carbocycles. The number of halogens is 2. The number of aromatic amines is 1. The number of alkyl halides is 2. The van der Waals surface area contributed by atoms with Gasteiger partial charge in [-0.3, -0.25) is 4.79 Å². The number of aromatic nitrogens is 4. The summed E-state index contributed by atoms with van der Waals surface area (Å²) in [6.07, 6.45) is 5.88. The number of pyridine rings is 1. The van der Waals surface area contributed by atoms with Crippen molar-refractivity contribution in [2.45, 2.75) is 16.6 Å². The Morgan fingerprint density at radius 1 is 1.46 bits per heavy atom. The molecule has 0 saturated carbocycles. The molecular weight excluding hydrogens is 474 g/mol. The van der Waals surface area contributed by atoms with Crippen molar-refractivity contribution >= 4 is 39.7 Å². The molecule has 1 amide bonds. The molecule has 3 aromatic heterocycles. The SMILES string of the molecule is C[N+]1=C(C(F)I)C(C(=O)N2CCc3[nH]cnc3[C@@H]2c2cc3ccccn3n2)=C1. The number of carbonyl (C=O) groups is 1. The van der Waals surface area contributed by atoms with Gasteiger partial charge in [-0.1, -0.05) is 6.07 Å². The lowest BCUT2D eigenvalue weighted by Crippen LogP contribution is -2.46. The van der Waals surface area contributed by atoms with Gasteiger partial charge in [0.05, 0.1) is 23.2 Å². The molecule has 1 unspecified atom stereocenters. The predicted octanol–water partition coefficient (Wildman–Crippen LogP) is 2.24. The van der Waals surface area contributed by atoms with Gasteiger partial charge in [-0.2, -0.15) is 9.67 Å². The summed E-state index contributed by atoms with van der Waals surface area (Å²) in [6.45, 7) is 0.513. The summed E-state index contributed by atoms with van der Waals surface area (Å²) in [7, 11) is 1.75. The average Bonchev–Trinajstić information content (AvgIpc) is 3.30. The molecule has 2 atom stereocenters. The van der Waals surface area contributed by atoms with Crippen LogP contribution in [0, 0.1) is 0 Å². The lowest BCUT2D eigenvalue weighted by molar-refractivity contribution is -0.436. The second-order valence-electron chi connectivity index (χ2n) is 6.90. The van der Waals surface area contributed by atoms with Crippen molar-refractivity contribution in [2.24, 2.45) is 0 Å². The van der Waals surface area contributed by atoms with Gasteiger partial charge in [-0.15, -0.1) is 0 Å². The lowest BCUT2D eigenvalue weighted by atomic mass is 9.97. The highest BCUT2D eigenvalue weighted by Crippen LogP contribution is 2.35. The van der Waals surface area contributed by atoms with Gasteiger partial charge in [0, 0.05) is 24.9 Å². The first-order chi connectivity index (χ1) is 13.5. The molecule has 2 aliphatic heterocycles. The Hall–Kier alpha value is -2.56. The number of rotatable bonds is 3. The monoisotopic (exact) mass is 491 g/mol. The van der Waals surface area contributed by atoms with Gasteiger partial charge in [-0.05, 0) is 40.8 Å². The van der Waals surface area contributed by atoms with E-state index in [9.17, 15) is 9.18 Å². The molecule has 142 valence electrons. The molecule has 0 fully saturated rings. The van der Waals surface area contributed by atoms with E-state index in [2.05, 4.69) is 15.1 Å². The van der Waals surface area contributed by atoms with Crippen LogP contribution in [0.5, 0.6) is 0 Å². The number of fused-ring (bicyclic) bond motifs is 2. The van der Waals surface area contributed by atoms with Gasteiger partial charge in [0.1, 0.15) is 13.1 Å². The standard InChI is InChI=1S/C19H17FIN6O/c1-25-9-12(16(25)18(20)21)19(28)26-7-5-13-15(23-10-22-13)17(26)14-8-11-4-2-3-6-27(11)24-14/h2-4,6,8-10,17-18H,5,7H2,1H3,(H,22,23)/q+1/t17-,18?/m0/s1. The summed E-state index contributed by atoms with van der Waals surface area (Å²) < 4.78 is 16.2. The van der Waals surface area contributed by atoms with Crippen LogP contribution >= 0.6 is 22.6 Å². The Morgan fingerprint density at radius 2 is 2.32 bits per heavy atom. The summed E-state index contributed by atoms with van der Waals surface area (Å²) in [6, 6.07) is 7.38. The maximum atomic E-state index is 14.0. The number of hydrogen-bond acceptors (Lipinski definition) is 3. The number of imidazole rings is 1. The first kappa shape index (κ1) is 17.5. The van der Waals surface area contributed by atoms with Crippen molar-refractivity contribution in [1.82, 2.24) is 24.5 Å². The fraction of sp³-hybridized carbons (Fsp3) is 0.263. The Balaban J connectivity index is 1.57. The van der Waals surface area contributed by atoms with E-state index < -0.39 is 10.2 Å². The second kappa shape index (κ2) is 6.50. The summed E-state index contributed by atoms with van der Waals surface area (Å²) in [5, 5.41) is 4.68. The zero-order valence-corrected chi connectivity index (χ0v) is 17.2. The first-order valence-electron chi connectivity index (χ1n) is 8.92. The van der Waals surface area contributed by atoms with Crippen LogP contribution in [0.3, 0.4) is 0 Å². The molecule has 28 heavy (non-hydrogen) atoms. The van der Waals surface area contributed by atoms with E-state index in [0.717, 1.165) is 22.6 Å². The molecule has 5 rings (SSSR count). The molecule has 3 aromatic rings. The third-order valence-electron chi connectivity index (χ3n) is 5.27. The molecule has 0 saturated heterocycles. The third kappa shape index (κ3) is 2.60. The minimum Gasteiger partial charge on any atom is -0.348 e. The number of amides is 1. The molecule has 0 bridgehead atoms. The second-order valence-corrected chi connectivity index (χ2v) is 7.99. The van der Waals surface area contributed by atoms with E-state index in [1.54, 1.807) is 56.2 Å². The van der Waals surface area contributed by atoms with Crippen LogP contribution in [0.15, 0.2) is 48.6 Å². The fourth-order valence-electron chi connectivity index (χ4n) is 3.93. The number of H-pyrrole nitrogens is 1. The normalized spacial score (nSPS) is 20.0. The van der Waals surface area contributed by atoms with E-state index in [-0.39, 0.29) is 5.91 Å². The van der Waals surface area contributed by atoms with Crippen LogP contribution in [0.2, 0.25) is 0 Å². The highest BCUT2D eigenvalue weighted by atomic mass is 127. The van der Waals surface area contributed by atoms with Crippen LogP contribution in [-0.2, 0) is 11.2 Å². The van der Waals surface area contributed by atoms with Crippen molar-refractivity contribution < 1.29 is 13.8 Å². The summed E-state index contributed by atoms with van der Waals surface area (Å²) in [4.78, 5) is 22.7.